The van der Waals surface area contributed by atoms with E-state index in [2.05, 4.69) is 20.6 Å². The third-order valence-electron chi connectivity index (χ3n) is 5.50. The molecule has 0 saturated carbocycles. The Labute approximate surface area is 172 Å². The van der Waals surface area contributed by atoms with Gasteiger partial charge in [0.2, 0.25) is 0 Å². The Kier molecular flexibility index (Phi) is 4.53. The predicted molar refractivity (Wildman–Crippen MR) is 119 cm³/mol. The summed E-state index contributed by atoms with van der Waals surface area (Å²) in [6.45, 7) is 3.91. The fourth-order valence-corrected chi connectivity index (χ4v) is 4.23. The number of aromatic amines is 2. The van der Waals surface area contributed by atoms with E-state index >= 15 is 0 Å². The Morgan fingerprint density at radius 3 is 2.86 bits per heavy atom. The van der Waals surface area contributed by atoms with Crippen molar-refractivity contribution in [2.75, 3.05) is 18.4 Å². The van der Waals surface area contributed by atoms with Crippen molar-refractivity contribution < 1.29 is 0 Å². The van der Waals surface area contributed by atoms with Gasteiger partial charge >= 0.3 is 0 Å². The molecule has 0 amide bonds. The molecule has 148 valence electrons. The van der Waals surface area contributed by atoms with E-state index in [0.29, 0.717) is 16.4 Å². The van der Waals surface area contributed by atoms with Crippen LogP contribution in [0.3, 0.4) is 0 Å². The van der Waals surface area contributed by atoms with E-state index in [9.17, 15) is 4.79 Å². The van der Waals surface area contributed by atoms with Crippen LogP contribution in [-0.2, 0) is 0 Å². The van der Waals surface area contributed by atoms with Gasteiger partial charge in [0.05, 0.1) is 22.2 Å². The first-order valence-corrected chi connectivity index (χ1v) is 10.3. The number of fused-ring (bicyclic) bond motifs is 2. The summed E-state index contributed by atoms with van der Waals surface area (Å²) in [4.78, 5) is 24.1. The van der Waals surface area contributed by atoms with Gasteiger partial charge in [-0.05, 0) is 62.2 Å². The van der Waals surface area contributed by atoms with Crippen LogP contribution < -0.4 is 16.2 Å². The molecule has 1 fully saturated rings. The molecule has 1 saturated heterocycles. The summed E-state index contributed by atoms with van der Waals surface area (Å²) in [5, 5.41) is 8.54. The molecule has 2 aromatic carbocycles. The van der Waals surface area contributed by atoms with Crippen molar-refractivity contribution in [3.8, 4) is 11.4 Å². The SMILES string of the molecule is Cc1ccc2nc(-c3c(NC4CCCNC4)c4cc(Cl)ccc4[nH]c3=O)[nH]c2c1. The number of imidazole rings is 1. The van der Waals surface area contributed by atoms with Crippen LogP contribution in [0.15, 0.2) is 41.2 Å². The molecule has 0 bridgehead atoms. The first-order chi connectivity index (χ1) is 14.1. The average molecular weight is 408 g/mol. The molecule has 1 unspecified atom stereocenters. The first-order valence-electron chi connectivity index (χ1n) is 9.88. The van der Waals surface area contributed by atoms with E-state index in [1.807, 2.05) is 37.3 Å². The molecule has 1 atom stereocenters. The molecule has 4 aromatic rings. The number of anilines is 1. The maximum atomic E-state index is 13.1. The van der Waals surface area contributed by atoms with E-state index in [4.69, 9.17) is 16.6 Å². The lowest BCUT2D eigenvalue weighted by Crippen LogP contribution is -2.38. The van der Waals surface area contributed by atoms with Crippen LogP contribution >= 0.6 is 11.6 Å². The molecule has 1 aliphatic heterocycles. The Bertz CT molecular complexity index is 1270. The maximum Gasteiger partial charge on any atom is 0.261 e. The van der Waals surface area contributed by atoms with Gasteiger partial charge in [-0.25, -0.2) is 4.98 Å². The van der Waals surface area contributed by atoms with Crippen molar-refractivity contribution in [2.45, 2.75) is 25.8 Å². The zero-order valence-corrected chi connectivity index (χ0v) is 16.9. The minimum atomic E-state index is -0.179. The molecule has 29 heavy (non-hydrogen) atoms. The number of rotatable bonds is 3. The lowest BCUT2D eigenvalue weighted by atomic mass is 10.0. The molecule has 3 heterocycles. The number of benzene rings is 2. The number of H-pyrrole nitrogens is 2. The zero-order chi connectivity index (χ0) is 20.0. The Hall–Kier alpha value is -2.83. The fourth-order valence-electron chi connectivity index (χ4n) is 4.06. The van der Waals surface area contributed by atoms with E-state index in [1.54, 1.807) is 6.07 Å². The summed E-state index contributed by atoms with van der Waals surface area (Å²) in [5.41, 5.74) is 4.74. The highest BCUT2D eigenvalue weighted by Crippen LogP contribution is 2.33. The van der Waals surface area contributed by atoms with Crippen LogP contribution in [-0.4, -0.2) is 34.1 Å². The van der Waals surface area contributed by atoms with Crippen molar-refractivity contribution in [3.05, 3.63) is 57.3 Å². The largest absolute Gasteiger partial charge is 0.380 e. The van der Waals surface area contributed by atoms with Crippen LogP contribution in [0.25, 0.3) is 33.3 Å². The summed E-state index contributed by atoms with van der Waals surface area (Å²) >= 11 is 6.30. The minimum Gasteiger partial charge on any atom is -0.380 e. The van der Waals surface area contributed by atoms with Crippen molar-refractivity contribution in [1.82, 2.24) is 20.3 Å². The van der Waals surface area contributed by atoms with Crippen LogP contribution in [0.5, 0.6) is 0 Å². The molecule has 4 N–H and O–H groups in total. The smallest absolute Gasteiger partial charge is 0.261 e. The van der Waals surface area contributed by atoms with Gasteiger partial charge in [-0.2, -0.15) is 0 Å². The number of piperidine rings is 1. The molecule has 1 aliphatic rings. The number of hydrogen-bond acceptors (Lipinski definition) is 4. The Morgan fingerprint density at radius 2 is 2.03 bits per heavy atom. The molecule has 2 aromatic heterocycles. The van der Waals surface area contributed by atoms with Crippen molar-refractivity contribution in [2.24, 2.45) is 0 Å². The van der Waals surface area contributed by atoms with E-state index < -0.39 is 0 Å². The lowest BCUT2D eigenvalue weighted by Gasteiger charge is -2.26. The lowest BCUT2D eigenvalue weighted by molar-refractivity contribution is 0.480. The monoisotopic (exact) mass is 407 g/mol. The van der Waals surface area contributed by atoms with Gasteiger partial charge in [-0.3, -0.25) is 4.79 Å². The van der Waals surface area contributed by atoms with Gasteiger partial charge in [0.1, 0.15) is 11.4 Å². The molecule has 7 heteroatoms. The van der Waals surface area contributed by atoms with Crippen molar-refractivity contribution in [3.63, 3.8) is 0 Å². The van der Waals surface area contributed by atoms with Crippen molar-refractivity contribution in [1.29, 1.82) is 0 Å². The second kappa shape index (κ2) is 7.21. The number of halogens is 1. The van der Waals surface area contributed by atoms with Gasteiger partial charge in [-0.1, -0.05) is 17.7 Å². The average Bonchev–Trinajstić information content (AvgIpc) is 3.12. The van der Waals surface area contributed by atoms with Gasteiger partial charge < -0.3 is 20.6 Å². The summed E-state index contributed by atoms with van der Waals surface area (Å²) in [5.74, 6) is 0.556. The van der Waals surface area contributed by atoms with Gasteiger partial charge in [0.15, 0.2) is 0 Å². The molecule has 5 rings (SSSR count). The van der Waals surface area contributed by atoms with Gasteiger partial charge in [0, 0.05) is 23.0 Å². The van der Waals surface area contributed by atoms with Crippen LogP contribution in [0, 0.1) is 6.92 Å². The Balaban J connectivity index is 1.74. The second-order valence-electron chi connectivity index (χ2n) is 7.69. The predicted octanol–water partition coefficient (Wildman–Crippen LogP) is 4.20. The first kappa shape index (κ1) is 18.2. The molecule has 6 nitrogen and oxygen atoms in total. The summed E-state index contributed by atoms with van der Waals surface area (Å²) in [7, 11) is 0. The standard InChI is InChI=1S/C22H22ClN5O/c1-12-4-6-17-18(9-12)27-21(26-17)19-20(25-14-3-2-8-24-11-14)15-10-13(23)5-7-16(15)28-22(19)29/h4-7,9-10,14,24H,2-3,8,11H2,1H3,(H,26,27)(H2,25,28,29). The topological polar surface area (TPSA) is 85.6 Å². The quantitative estimate of drug-likeness (QED) is 0.410. The molecule has 0 spiro atoms. The molecular formula is C22H22ClN5O. The number of aryl methyl sites for hydroxylation is 1. The highest BCUT2D eigenvalue weighted by Gasteiger charge is 2.21. The minimum absolute atomic E-state index is 0.179. The van der Waals surface area contributed by atoms with Gasteiger partial charge in [-0.15, -0.1) is 0 Å². The highest BCUT2D eigenvalue weighted by atomic mass is 35.5. The van der Waals surface area contributed by atoms with Crippen LogP contribution in [0.2, 0.25) is 5.02 Å². The number of hydrogen-bond donors (Lipinski definition) is 4. The van der Waals surface area contributed by atoms with E-state index in [0.717, 1.165) is 59.1 Å². The Morgan fingerprint density at radius 1 is 1.14 bits per heavy atom. The summed E-state index contributed by atoms with van der Waals surface area (Å²) in [6.07, 6.45) is 2.14. The molecule has 0 radical (unpaired) electrons. The molecular weight excluding hydrogens is 386 g/mol. The third-order valence-corrected chi connectivity index (χ3v) is 5.73. The summed E-state index contributed by atoms with van der Waals surface area (Å²) in [6, 6.07) is 11.8. The highest BCUT2D eigenvalue weighted by molar-refractivity contribution is 6.31. The van der Waals surface area contributed by atoms with E-state index in [-0.39, 0.29) is 11.6 Å². The van der Waals surface area contributed by atoms with Crippen LogP contribution in [0.1, 0.15) is 18.4 Å². The molecule has 0 aliphatic carbocycles. The number of nitrogens with zero attached hydrogens (tertiary/aromatic N) is 1. The number of pyridine rings is 1. The third kappa shape index (κ3) is 3.39. The normalized spacial score (nSPS) is 17.1. The number of aromatic nitrogens is 3. The summed E-state index contributed by atoms with van der Waals surface area (Å²) < 4.78 is 0. The van der Waals surface area contributed by atoms with Gasteiger partial charge in [0.25, 0.3) is 5.56 Å². The zero-order valence-electron chi connectivity index (χ0n) is 16.1. The van der Waals surface area contributed by atoms with E-state index in [1.165, 1.54) is 0 Å². The van der Waals surface area contributed by atoms with Crippen LogP contribution in [0.4, 0.5) is 5.69 Å². The fraction of sp³-hybridized carbons (Fsp3) is 0.273. The maximum absolute atomic E-state index is 13.1. The number of nitrogens with one attached hydrogen (secondary N) is 4. The second-order valence-corrected chi connectivity index (χ2v) is 8.12. The van der Waals surface area contributed by atoms with Crippen molar-refractivity contribution >= 4 is 39.2 Å².